The Labute approximate surface area is 279 Å². The van der Waals surface area contributed by atoms with Crippen LogP contribution < -0.4 is 20.7 Å². The number of ketones is 1. The number of ether oxygens (including phenoxy) is 2. The van der Waals surface area contributed by atoms with E-state index in [2.05, 4.69) is 5.32 Å². The first-order valence-corrected chi connectivity index (χ1v) is 15.0. The van der Waals surface area contributed by atoms with Gasteiger partial charge in [-0.1, -0.05) is 49.7 Å². The van der Waals surface area contributed by atoms with Crippen molar-refractivity contribution in [2.75, 3.05) is 7.11 Å². The standard InChI is InChI=1S/C32H37ClF5N3O7/c1-17(2)24(26(43)32(36,37)38)40-28(45)25(18-10-12-21(47-6)13-11-18)41-27(44)22(14-15-23(42)48-30(3,4)5)39-29(46)31(34,35)19-8-7-9-20(33)16-19/h7-13,16-17,22,24-25H,14-15H2,1-6H3,(H,39,46)(H,40,45)(H,41,44). The number of nitrogens with one attached hydrogen (secondary N) is 3. The van der Waals surface area contributed by atoms with Gasteiger partial charge in [-0.3, -0.25) is 24.0 Å². The van der Waals surface area contributed by atoms with Crippen molar-refractivity contribution in [2.24, 2.45) is 5.92 Å². The Morgan fingerprint density at radius 1 is 0.854 bits per heavy atom. The molecule has 2 rings (SSSR count). The van der Waals surface area contributed by atoms with Crippen LogP contribution in [0.2, 0.25) is 5.02 Å². The third kappa shape index (κ3) is 11.5. The fourth-order valence-electron chi connectivity index (χ4n) is 4.27. The van der Waals surface area contributed by atoms with E-state index in [1.807, 2.05) is 10.6 Å². The predicted molar refractivity (Wildman–Crippen MR) is 164 cm³/mol. The van der Waals surface area contributed by atoms with Crippen molar-refractivity contribution in [1.29, 1.82) is 0 Å². The number of alkyl halides is 5. The maximum Gasteiger partial charge on any atom is 0.452 e. The largest absolute Gasteiger partial charge is 0.497 e. The van der Waals surface area contributed by atoms with Gasteiger partial charge >= 0.3 is 18.1 Å². The predicted octanol–water partition coefficient (Wildman–Crippen LogP) is 5.18. The molecule has 0 aliphatic rings. The number of carbonyl (C=O) groups is 5. The van der Waals surface area contributed by atoms with Crippen LogP contribution in [0.1, 0.15) is 64.6 Å². The lowest BCUT2D eigenvalue weighted by Crippen LogP contribution is -2.55. The molecule has 3 amide bonds. The van der Waals surface area contributed by atoms with Crippen LogP contribution in [0.4, 0.5) is 22.0 Å². The molecule has 3 N–H and O–H groups in total. The highest BCUT2D eigenvalue weighted by Gasteiger charge is 2.46. The van der Waals surface area contributed by atoms with Gasteiger partial charge in [0, 0.05) is 17.0 Å². The monoisotopic (exact) mass is 705 g/mol. The fourth-order valence-corrected chi connectivity index (χ4v) is 4.46. The molecule has 0 fully saturated rings. The third-order valence-corrected chi connectivity index (χ3v) is 6.91. The first kappa shape index (κ1) is 39.9. The number of esters is 1. The Balaban J connectivity index is 2.49. The second-order valence-electron chi connectivity index (χ2n) is 12.0. The molecular weight excluding hydrogens is 669 g/mol. The molecule has 48 heavy (non-hydrogen) atoms. The molecular formula is C32H37ClF5N3O7. The van der Waals surface area contributed by atoms with Crippen LogP contribution in [0.5, 0.6) is 5.75 Å². The van der Waals surface area contributed by atoms with Crippen molar-refractivity contribution >= 4 is 41.1 Å². The third-order valence-electron chi connectivity index (χ3n) is 6.68. The molecule has 0 aliphatic carbocycles. The molecule has 0 bridgehead atoms. The average molecular weight is 706 g/mol. The van der Waals surface area contributed by atoms with Gasteiger partial charge in [-0.15, -0.1) is 0 Å². The second kappa shape index (κ2) is 16.2. The summed E-state index contributed by atoms with van der Waals surface area (Å²) < 4.78 is 80.6. The molecule has 0 saturated carbocycles. The zero-order valence-electron chi connectivity index (χ0n) is 27.0. The van der Waals surface area contributed by atoms with E-state index in [1.165, 1.54) is 57.4 Å². The summed E-state index contributed by atoms with van der Waals surface area (Å²) in [6.07, 6.45) is -6.43. The number of methoxy groups -OCH3 is 1. The number of Topliss-reactive ketones (excluding diaryl/α,β-unsaturated/α-hetero) is 1. The zero-order valence-corrected chi connectivity index (χ0v) is 27.7. The van der Waals surface area contributed by atoms with Crippen LogP contribution >= 0.6 is 11.6 Å². The molecule has 10 nitrogen and oxygen atoms in total. The van der Waals surface area contributed by atoms with E-state index in [1.54, 1.807) is 20.8 Å². The summed E-state index contributed by atoms with van der Waals surface area (Å²) in [5, 5.41) is 6.06. The molecule has 0 heterocycles. The fraction of sp³-hybridized carbons (Fsp3) is 0.469. The molecule has 264 valence electrons. The van der Waals surface area contributed by atoms with Crippen molar-refractivity contribution in [3.05, 3.63) is 64.7 Å². The lowest BCUT2D eigenvalue weighted by molar-refractivity contribution is -0.175. The number of hydrogen-bond acceptors (Lipinski definition) is 7. The van der Waals surface area contributed by atoms with E-state index in [9.17, 15) is 37.1 Å². The highest BCUT2D eigenvalue weighted by Crippen LogP contribution is 2.30. The van der Waals surface area contributed by atoms with Gasteiger partial charge in [0.15, 0.2) is 0 Å². The van der Waals surface area contributed by atoms with E-state index in [4.69, 9.17) is 21.1 Å². The SMILES string of the molecule is COc1ccc(C(NC(=O)C(CCC(=O)OC(C)(C)C)NC(=O)C(F)(F)c2cccc(Cl)c2)C(=O)NC(C(=O)C(F)(F)F)C(C)C)cc1. The maximum absolute atomic E-state index is 15.2. The van der Waals surface area contributed by atoms with Gasteiger partial charge in [-0.25, -0.2) is 0 Å². The quantitative estimate of drug-likeness (QED) is 0.182. The van der Waals surface area contributed by atoms with Crippen molar-refractivity contribution in [2.45, 2.75) is 83.3 Å². The van der Waals surface area contributed by atoms with Gasteiger partial charge in [-0.2, -0.15) is 22.0 Å². The van der Waals surface area contributed by atoms with Gasteiger partial charge in [-0.05, 0) is 62.9 Å². The second-order valence-corrected chi connectivity index (χ2v) is 12.5. The normalized spacial score (nSPS) is 13.9. The summed E-state index contributed by atoms with van der Waals surface area (Å²) >= 11 is 5.80. The van der Waals surface area contributed by atoms with Crippen LogP contribution in [-0.2, 0) is 34.6 Å². The molecule has 0 radical (unpaired) electrons. The number of amides is 3. The van der Waals surface area contributed by atoms with E-state index in [0.29, 0.717) is 5.75 Å². The van der Waals surface area contributed by atoms with Crippen LogP contribution in [-0.4, -0.2) is 60.4 Å². The zero-order chi connectivity index (χ0) is 36.6. The van der Waals surface area contributed by atoms with Crippen molar-refractivity contribution in [3.8, 4) is 5.75 Å². The van der Waals surface area contributed by atoms with Gasteiger partial charge in [0.25, 0.3) is 11.7 Å². The van der Waals surface area contributed by atoms with Crippen molar-refractivity contribution in [1.82, 2.24) is 16.0 Å². The van der Waals surface area contributed by atoms with E-state index in [-0.39, 0.29) is 10.6 Å². The van der Waals surface area contributed by atoms with Gasteiger partial charge in [0.1, 0.15) is 23.4 Å². The minimum Gasteiger partial charge on any atom is -0.497 e. The van der Waals surface area contributed by atoms with E-state index < -0.39 is 89.6 Å². The Morgan fingerprint density at radius 3 is 1.96 bits per heavy atom. The Morgan fingerprint density at radius 2 is 1.46 bits per heavy atom. The Kier molecular flexibility index (Phi) is 13.5. The maximum atomic E-state index is 15.2. The lowest BCUT2D eigenvalue weighted by atomic mass is 9.97. The Bertz CT molecular complexity index is 1480. The summed E-state index contributed by atoms with van der Waals surface area (Å²) in [4.78, 5) is 64.5. The van der Waals surface area contributed by atoms with Gasteiger partial charge < -0.3 is 25.4 Å². The summed E-state index contributed by atoms with van der Waals surface area (Å²) in [7, 11) is 1.34. The Hall–Kier alpha value is -4.27. The van der Waals surface area contributed by atoms with Gasteiger partial charge in [0.05, 0.1) is 13.2 Å². The topological polar surface area (TPSA) is 140 Å². The van der Waals surface area contributed by atoms with Crippen LogP contribution in [0, 0.1) is 5.92 Å². The van der Waals surface area contributed by atoms with Crippen molar-refractivity contribution < 1.29 is 55.4 Å². The molecule has 3 unspecified atom stereocenters. The van der Waals surface area contributed by atoms with Crippen LogP contribution in [0.3, 0.4) is 0 Å². The smallest absolute Gasteiger partial charge is 0.452 e. The van der Waals surface area contributed by atoms with Crippen molar-refractivity contribution in [3.63, 3.8) is 0 Å². The number of benzene rings is 2. The molecule has 2 aromatic carbocycles. The summed E-state index contributed by atoms with van der Waals surface area (Å²) in [6, 6.07) is 3.83. The first-order chi connectivity index (χ1) is 22.1. The summed E-state index contributed by atoms with van der Waals surface area (Å²) in [5.74, 6) is -12.5. The minimum absolute atomic E-state index is 0.00918. The average Bonchev–Trinajstić information content (AvgIpc) is 2.98. The summed E-state index contributed by atoms with van der Waals surface area (Å²) in [5.41, 5.74) is -1.76. The molecule has 0 saturated heterocycles. The number of halogens is 6. The number of carbonyl (C=O) groups excluding carboxylic acids is 5. The van der Waals surface area contributed by atoms with Gasteiger partial charge in [0.2, 0.25) is 11.8 Å². The number of rotatable bonds is 14. The molecule has 16 heteroatoms. The molecule has 2 aromatic rings. The van der Waals surface area contributed by atoms with E-state index >= 15 is 8.78 Å². The molecule has 0 aromatic heterocycles. The highest BCUT2D eigenvalue weighted by molar-refractivity contribution is 6.30. The minimum atomic E-state index is -5.30. The lowest BCUT2D eigenvalue weighted by Gasteiger charge is -2.28. The van der Waals surface area contributed by atoms with Crippen LogP contribution in [0.25, 0.3) is 0 Å². The molecule has 3 atom stereocenters. The molecule has 0 aliphatic heterocycles. The molecule has 0 spiro atoms. The van der Waals surface area contributed by atoms with E-state index in [0.717, 1.165) is 12.1 Å². The summed E-state index contributed by atoms with van der Waals surface area (Å²) in [6.45, 7) is 7.22. The first-order valence-electron chi connectivity index (χ1n) is 14.6. The van der Waals surface area contributed by atoms with Crippen LogP contribution in [0.15, 0.2) is 48.5 Å². The highest BCUT2D eigenvalue weighted by atomic mass is 35.5. The number of hydrogen-bond donors (Lipinski definition) is 3.